The van der Waals surface area contributed by atoms with Crippen LogP contribution in [-0.2, 0) is 24.1 Å². The van der Waals surface area contributed by atoms with Gasteiger partial charge in [-0.3, -0.25) is 14.4 Å². The Labute approximate surface area is 259 Å². The van der Waals surface area contributed by atoms with Crippen molar-refractivity contribution in [2.45, 2.75) is 9.75 Å². The summed E-state index contributed by atoms with van der Waals surface area (Å²) in [7, 11) is 0. The van der Waals surface area contributed by atoms with Gasteiger partial charge < -0.3 is 4.74 Å². The Bertz CT molecular complexity index is 1700. The van der Waals surface area contributed by atoms with E-state index in [2.05, 4.69) is 15.9 Å². The van der Waals surface area contributed by atoms with Gasteiger partial charge in [0, 0.05) is 10.0 Å². The number of alkyl halides is 2. The number of ketones is 1. The fourth-order valence-corrected chi connectivity index (χ4v) is 7.96. The Kier molecular flexibility index (Phi) is 6.21. The van der Waals surface area contributed by atoms with Crippen LogP contribution in [0.25, 0.3) is 0 Å². The average molecular weight is 661 g/mol. The molecule has 9 heteroatoms. The van der Waals surface area contributed by atoms with Crippen LogP contribution in [0.2, 0.25) is 0 Å². The molecule has 1 fully saturated rings. The zero-order valence-electron chi connectivity index (χ0n) is 21.7. The molecule has 4 aromatic carbocycles. The molecule has 0 radical (unpaired) electrons. The first-order chi connectivity index (χ1) is 20.2. The zero-order valence-corrected chi connectivity index (χ0v) is 24.8. The molecule has 0 saturated carbocycles. The van der Waals surface area contributed by atoms with E-state index in [0.717, 1.165) is 31.6 Å². The quantitative estimate of drug-likeness (QED) is 0.105. The molecule has 0 spiro atoms. The van der Waals surface area contributed by atoms with E-state index in [4.69, 9.17) is 27.9 Å². The number of benzene rings is 4. The number of Topliss-reactive ketones (excluding diaryl/α,β-unsaturated/α-hetero) is 1. The Morgan fingerprint density at radius 2 is 1.12 bits per heavy atom. The predicted octanol–water partition coefficient (Wildman–Crippen LogP) is 6.59. The second kappa shape index (κ2) is 9.63. The van der Waals surface area contributed by atoms with Crippen LogP contribution in [0.15, 0.2) is 102 Å². The van der Waals surface area contributed by atoms with Crippen molar-refractivity contribution in [1.82, 2.24) is 0 Å². The van der Waals surface area contributed by atoms with Gasteiger partial charge >= 0.3 is 5.97 Å². The number of rotatable bonds is 5. The van der Waals surface area contributed by atoms with Crippen LogP contribution >= 0.6 is 39.1 Å². The normalized spacial score (nSPS) is 25.1. The first-order valence-electron chi connectivity index (χ1n) is 13.2. The summed E-state index contributed by atoms with van der Waals surface area (Å²) in [5.41, 5.74) is 3.76. The number of carbonyl (C=O) groups is 4. The molecular formula is C33H20BrCl2NO5. The summed E-state index contributed by atoms with van der Waals surface area (Å²) < 4.78 is 6.04. The molecular weight excluding hydrogens is 641 g/mol. The Balaban J connectivity index is 1.18. The number of hydrogen-bond acceptors (Lipinski definition) is 5. The van der Waals surface area contributed by atoms with E-state index in [1.807, 2.05) is 48.5 Å². The third kappa shape index (κ3) is 3.63. The van der Waals surface area contributed by atoms with Gasteiger partial charge in [-0.25, -0.2) is 9.69 Å². The van der Waals surface area contributed by atoms with Gasteiger partial charge in [-0.15, -0.1) is 23.2 Å². The summed E-state index contributed by atoms with van der Waals surface area (Å²) in [5.74, 6) is -3.81. The smallest absolute Gasteiger partial charge is 0.338 e. The molecule has 4 aliphatic rings. The molecule has 0 aromatic heterocycles. The molecule has 1 aliphatic heterocycles. The van der Waals surface area contributed by atoms with Crippen LogP contribution in [0.5, 0.6) is 0 Å². The lowest BCUT2D eigenvalue weighted by molar-refractivity contribution is -0.122. The highest BCUT2D eigenvalue weighted by molar-refractivity contribution is 9.10. The molecule has 0 N–H and O–H groups in total. The first-order valence-corrected chi connectivity index (χ1v) is 14.7. The second-order valence-corrected chi connectivity index (χ2v) is 12.6. The van der Waals surface area contributed by atoms with E-state index in [0.29, 0.717) is 5.56 Å². The molecule has 1 heterocycles. The number of amides is 2. The van der Waals surface area contributed by atoms with Gasteiger partial charge in [-0.05, 0) is 58.7 Å². The van der Waals surface area contributed by atoms with Crippen molar-refractivity contribution in [2.75, 3.05) is 11.5 Å². The number of hydrogen-bond donors (Lipinski definition) is 0. The summed E-state index contributed by atoms with van der Waals surface area (Å²) in [6, 6.07) is 27.5. The molecule has 1 saturated heterocycles. The number of ether oxygens (including phenoxy) is 1. The van der Waals surface area contributed by atoms with Gasteiger partial charge in [0.25, 0.3) is 0 Å². The third-order valence-electron chi connectivity index (χ3n) is 8.45. The minimum Gasteiger partial charge on any atom is -0.454 e. The van der Waals surface area contributed by atoms with Crippen molar-refractivity contribution in [2.24, 2.45) is 11.8 Å². The average Bonchev–Trinajstić information content (AvgIpc) is 3.29. The lowest BCUT2D eigenvalue weighted by Crippen LogP contribution is -2.57. The number of esters is 1. The third-order valence-corrected chi connectivity index (χ3v) is 10.3. The van der Waals surface area contributed by atoms with Gasteiger partial charge in [-0.2, -0.15) is 0 Å². The maximum Gasteiger partial charge on any atom is 0.338 e. The summed E-state index contributed by atoms with van der Waals surface area (Å²) in [4.78, 5) is 51.8. The highest BCUT2D eigenvalue weighted by Crippen LogP contribution is 2.69. The Morgan fingerprint density at radius 3 is 1.57 bits per heavy atom. The molecule has 3 aliphatic carbocycles. The van der Waals surface area contributed by atoms with Crippen molar-refractivity contribution in [3.8, 4) is 0 Å². The first kappa shape index (κ1) is 27.1. The van der Waals surface area contributed by atoms with Crippen LogP contribution in [0.4, 0.5) is 5.69 Å². The monoisotopic (exact) mass is 659 g/mol. The Hall–Kier alpha value is -3.78. The maximum absolute atomic E-state index is 14.1. The second-order valence-electron chi connectivity index (χ2n) is 10.5. The summed E-state index contributed by atoms with van der Waals surface area (Å²) >= 11 is 18.2. The van der Waals surface area contributed by atoms with Gasteiger partial charge in [-0.1, -0.05) is 76.6 Å². The predicted molar refractivity (Wildman–Crippen MR) is 161 cm³/mol. The fraction of sp³-hybridized carbons (Fsp3) is 0.152. The van der Waals surface area contributed by atoms with Crippen molar-refractivity contribution in [3.63, 3.8) is 0 Å². The van der Waals surface area contributed by atoms with Crippen molar-refractivity contribution >= 4 is 68.4 Å². The van der Waals surface area contributed by atoms with Gasteiger partial charge in [0.15, 0.2) is 12.4 Å². The zero-order chi connectivity index (χ0) is 29.4. The number of anilines is 1. The standard InChI is InChI=1S/C33H20BrCl2NO5/c34-20-13-9-18(10-14-20)26(38)17-42-31(41)19-11-15-21(16-12-19)37-29(39)27-28(30(37)40)33(36)23-6-2-1-5-22(23)32(27,35)24-7-3-4-8-25(24)33/h1-16,27-28H,17H2/t27-,28+,32?,33?. The van der Waals surface area contributed by atoms with Crippen LogP contribution in [0, 0.1) is 11.8 Å². The summed E-state index contributed by atoms with van der Waals surface area (Å²) in [6.45, 7) is -0.425. The van der Waals surface area contributed by atoms with Crippen LogP contribution < -0.4 is 4.90 Å². The fourth-order valence-electron chi connectivity index (χ4n) is 6.60. The molecule has 6 nitrogen and oxygen atoms in total. The van der Waals surface area contributed by atoms with Crippen LogP contribution in [-0.4, -0.2) is 30.2 Å². The number of nitrogens with zero attached hydrogens (tertiary/aromatic N) is 1. The van der Waals surface area contributed by atoms with Gasteiger partial charge in [0.05, 0.1) is 23.1 Å². The Morgan fingerprint density at radius 1 is 0.690 bits per heavy atom. The van der Waals surface area contributed by atoms with Crippen LogP contribution in [0.3, 0.4) is 0 Å². The molecule has 4 aromatic rings. The lowest BCUT2D eigenvalue weighted by atomic mass is 9.54. The van der Waals surface area contributed by atoms with E-state index in [-0.39, 0.29) is 17.0 Å². The SMILES string of the molecule is O=C(COC(=O)c1ccc(N2C(=O)[C@@H]3[C@H](C2=O)C2(Cl)c4ccccc4C3(Cl)c3ccccc32)cc1)c1ccc(Br)cc1. The van der Waals surface area contributed by atoms with Gasteiger partial charge in [0.1, 0.15) is 9.75 Å². The van der Waals surface area contributed by atoms with Crippen LogP contribution in [0.1, 0.15) is 43.0 Å². The van der Waals surface area contributed by atoms with E-state index in [1.54, 1.807) is 24.3 Å². The lowest BCUT2D eigenvalue weighted by Gasteiger charge is -2.54. The van der Waals surface area contributed by atoms with Crippen molar-refractivity contribution in [3.05, 3.63) is 135 Å². The van der Waals surface area contributed by atoms with Gasteiger partial charge in [0.2, 0.25) is 11.8 Å². The molecule has 0 unspecified atom stereocenters. The number of imide groups is 1. The highest BCUT2D eigenvalue weighted by Gasteiger charge is 2.73. The van der Waals surface area contributed by atoms with E-state index in [9.17, 15) is 19.2 Å². The molecule has 2 bridgehead atoms. The van der Waals surface area contributed by atoms with Crippen molar-refractivity contribution < 1.29 is 23.9 Å². The van der Waals surface area contributed by atoms with E-state index in [1.165, 1.54) is 24.3 Å². The topological polar surface area (TPSA) is 80.8 Å². The summed E-state index contributed by atoms with van der Waals surface area (Å²) in [6.07, 6.45) is 0. The molecule has 208 valence electrons. The molecule has 2 amide bonds. The highest BCUT2D eigenvalue weighted by atomic mass is 79.9. The minimum atomic E-state index is -1.28. The number of carbonyl (C=O) groups excluding carboxylic acids is 4. The number of halogens is 3. The largest absolute Gasteiger partial charge is 0.454 e. The molecule has 2 atom stereocenters. The van der Waals surface area contributed by atoms with E-state index < -0.39 is 46.0 Å². The summed E-state index contributed by atoms with van der Waals surface area (Å²) in [5, 5.41) is 0. The maximum atomic E-state index is 14.1. The minimum absolute atomic E-state index is 0.168. The molecule has 42 heavy (non-hydrogen) atoms. The van der Waals surface area contributed by atoms with E-state index >= 15 is 0 Å². The van der Waals surface area contributed by atoms with Crippen molar-refractivity contribution in [1.29, 1.82) is 0 Å². The molecule has 8 rings (SSSR count).